The van der Waals surface area contributed by atoms with Crippen LogP contribution in [-0.2, 0) is 12.8 Å². The fourth-order valence-electron chi connectivity index (χ4n) is 3.63. The Kier molecular flexibility index (Phi) is 6.89. The number of hydrogen-bond donors (Lipinski definition) is 0. The summed E-state index contributed by atoms with van der Waals surface area (Å²) in [7, 11) is 0. The molecule has 6 heteroatoms. The lowest BCUT2D eigenvalue weighted by atomic mass is 9.98. The van der Waals surface area contributed by atoms with Crippen LogP contribution in [0, 0.1) is 23.0 Å². The van der Waals surface area contributed by atoms with Gasteiger partial charge in [-0.05, 0) is 54.0 Å². The van der Waals surface area contributed by atoms with E-state index in [1.807, 2.05) is 12.1 Å². The Morgan fingerprint density at radius 3 is 2.52 bits per heavy atom. The average molecular weight is 443 g/mol. The van der Waals surface area contributed by atoms with E-state index < -0.39 is 5.82 Å². The highest BCUT2D eigenvalue weighted by molar-refractivity contribution is 5.87. The molecule has 0 N–H and O–H groups in total. The van der Waals surface area contributed by atoms with Gasteiger partial charge in [0.2, 0.25) is 0 Å². The molecule has 33 heavy (non-hydrogen) atoms. The summed E-state index contributed by atoms with van der Waals surface area (Å²) >= 11 is 0. The number of fused-ring (bicyclic) bond motifs is 1. The summed E-state index contributed by atoms with van der Waals surface area (Å²) in [4.78, 5) is 8.75. The van der Waals surface area contributed by atoms with Gasteiger partial charge in [-0.2, -0.15) is 5.26 Å². The highest BCUT2D eigenvalue weighted by Gasteiger charge is 2.11. The predicted octanol–water partition coefficient (Wildman–Crippen LogP) is 6.41. The number of benzene rings is 3. The standard InChI is InChI=1S/C27H23F2N3O/c1-2-3-12-33-23-16-31-27(32-17-23)21-10-11-24-20(14-21)9-8-19(26(24)29)6-4-18-5-7-22(15-30)25(28)13-18/h5,7-11,13-14,16-17H,2-4,6,12H2,1H3. The first kappa shape index (κ1) is 22.3. The quantitative estimate of drug-likeness (QED) is 0.295. The molecule has 0 saturated carbocycles. The summed E-state index contributed by atoms with van der Waals surface area (Å²) in [6, 6.07) is 15.3. The van der Waals surface area contributed by atoms with E-state index in [0.29, 0.717) is 42.0 Å². The summed E-state index contributed by atoms with van der Waals surface area (Å²) in [6.07, 6.45) is 6.24. The van der Waals surface area contributed by atoms with Gasteiger partial charge in [0.1, 0.15) is 17.7 Å². The molecule has 4 rings (SSSR count). The zero-order chi connectivity index (χ0) is 23.2. The Hall–Kier alpha value is -3.85. The molecule has 1 aromatic heterocycles. The van der Waals surface area contributed by atoms with Crippen LogP contribution in [0.25, 0.3) is 22.2 Å². The summed E-state index contributed by atoms with van der Waals surface area (Å²) in [5.41, 5.74) is 2.09. The first-order valence-electron chi connectivity index (χ1n) is 10.9. The van der Waals surface area contributed by atoms with Crippen LogP contribution in [0.2, 0.25) is 0 Å². The topological polar surface area (TPSA) is 58.8 Å². The Morgan fingerprint density at radius 2 is 1.79 bits per heavy atom. The lowest BCUT2D eigenvalue weighted by Crippen LogP contribution is -1.99. The number of nitrogens with zero attached hydrogens (tertiary/aromatic N) is 3. The van der Waals surface area contributed by atoms with E-state index >= 15 is 4.39 Å². The maximum Gasteiger partial charge on any atom is 0.159 e. The van der Waals surface area contributed by atoms with Crippen molar-refractivity contribution in [3.8, 4) is 23.2 Å². The van der Waals surface area contributed by atoms with Gasteiger partial charge in [-0.3, -0.25) is 0 Å². The van der Waals surface area contributed by atoms with Crippen molar-refractivity contribution in [2.24, 2.45) is 0 Å². The van der Waals surface area contributed by atoms with Gasteiger partial charge in [-0.1, -0.05) is 43.7 Å². The SMILES string of the molecule is CCCCOc1cnc(-c2ccc3c(F)c(CCc4ccc(C#N)c(F)c4)ccc3c2)nc1. The van der Waals surface area contributed by atoms with Crippen molar-refractivity contribution in [3.63, 3.8) is 0 Å². The van der Waals surface area contributed by atoms with Crippen molar-refractivity contribution >= 4 is 10.8 Å². The van der Waals surface area contributed by atoms with Crippen LogP contribution >= 0.6 is 0 Å². The molecular weight excluding hydrogens is 420 g/mol. The molecule has 0 radical (unpaired) electrons. The minimum Gasteiger partial charge on any atom is -0.490 e. The molecule has 0 saturated heterocycles. The van der Waals surface area contributed by atoms with Crippen LogP contribution in [0.1, 0.15) is 36.5 Å². The second-order valence-electron chi connectivity index (χ2n) is 7.84. The third-order valence-corrected chi connectivity index (χ3v) is 5.52. The Balaban J connectivity index is 1.50. The fourth-order valence-corrected chi connectivity index (χ4v) is 3.63. The van der Waals surface area contributed by atoms with Gasteiger partial charge >= 0.3 is 0 Å². The average Bonchev–Trinajstić information content (AvgIpc) is 2.84. The fraction of sp³-hybridized carbons (Fsp3) is 0.222. The van der Waals surface area contributed by atoms with Gasteiger partial charge in [0.15, 0.2) is 11.6 Å². The van der Waals surface area contributed by atoms with Crippen molar-refractivity contribution in [2.75, 3.05) is 6.61 Å². The second kappa shape index (κ2) is 10.2. The maximum atomic E-state index is 15.1. The summed E-state index contributed by atoms with van der Waals surface area (Å²) < 4.78 is 34.6. The summed E-state index contributed by atoms with van der Waals surface area (Å²) in [6.45, 7) is 2.74. The van der Waals surface area contributed by atoms with Gasteiger partial charge < -0.3 is 4.74 Å². The van der Waals surface area contributed by atoms with Crippen LogP contribution in [0.15, 0.2) is 60.9 Å². The molecule has 0 fully saturated rings. The molecule has 0 aliphatic carbocycles. The van der Waals surface area contributed by atoms with Crippen LogP contribution in [-0.4, -0.2) is 16.6 Å². The minimum atomic E-state index is -0.552. The van der Waals surface area contributed by atoms with E-state index in [0.717, 1.165) is 29.4 Å². The Bertz CT molecular complexity index is 1310. The van der Waals surface area contributed by atoms with E-state index in [9.17, 15) is 4.39 Å². The van der Waals surface area contributed by atoms with E-state index in [4.69, 9.17) is 10.00 Å². The molecule has 4 aromatic rings. The second-order valence-corrected chi connectivity index (χ2v) is 7.84. The van der Waals surface area contributed by atoms with Crippen LogP contribution in [0.5, 0.6) is 5.75 Å². The molecule has 0 atom stereocenters. The molecule has 0 aliphatic heterocycles. The molecule has 4 nitrogen and oxygen atoms in total. The smallest absolute Gasteiger partial charge is 0.159 e. The van der Waals surface area contributed by atoms with E-state index in [2.05, 4.69) is 16.9 Å². The number of nitriles is 1. The molecule has 3 aromatic carbocycles. The van der Waals surface area contributed by atoms with E-state index in [1.165, 1.54) is 12.1 Å². The van der Waals surface area contributed by atoms with Gasteiger partial charge in [0.05, 0.1) is 24.6 Å². The predicted molar refractivity (Wildman–Crippen MR) is 124 cm³/mol. The maximum absolute atomic E-state index is 15.1. The largest absolute Gasteiger partial charge is 0.490 e. The molecule has 1 heterocycles. The number of rotatable bonds is 8. The van der Waals surface area contributed by atoms with Gasteiger partial charge in [0.25, 0.3) is 0 Å². The number of halogens is 2. The molecule has 0 bridgehead atoms. The van der Waals surface area contributed by atoms with E-state index in [-0.39, 0.29) is 11.4 Å². The molecule has 0 aliphatic rings. The highest BCUT2D eigenvalue weighted by atomic mass is 19.1. The first-order valence-corrected chi connectivity index (χ1v) is 10.9. The lowest BCUT2D eigenvalue weighted by molar-refractivity contribution is 0.307. The summed E-state index contributed by atoms with van der Waals surface area (Å²) in [5, 5.41) is 10.1. The Morgan fingerprint density at radius 1 is 0.970 bits per heavy atom. The molecule has 166 valence electrons. The number of hydrogen-bond acceptors (Lipinski definition) is 4. The zero-order valence-corrected chi connectivity index (χ0v) is 18.3. The molecule has 0 amide bonds. The van der Waals surface area contributed by atoms with Gasteiger partial charge in [0, 0.05) is 10.9 Å². The molecule has 0 unspecified atom stereocenters. The number of ether oxygens (including phenoxy) is 1. The van der Waals surface area contributed by atoms with Gasteiger partial charge in [-0.25, -0.2) is 18.7 Å². The number of unbranched alkanes of at least 4 members (excludes halogenated alkanes) is 1. The zero-order valence-electron chi connectivity index (χ0n) is 18.3. The van der Waals surface area contributed by atoms with E-state index in [1.54, 1.807) is 42.7 Å². The lowest BCUT2D eigenvalue weighted by Gasteiger charge is -2.09. The minimum absolute atomic E-state index is 0.00841. The number of aryl methyl sites for hydroxylation is 2. The van der Waals surface area contributed by atoms with Crippen molar-refractivity contribution in [3.05, 3.63) is 89.2 Å². The van der Waals surface area contributed by atoms with Crippen molar-refractivity contribution < 1.29 is 13.5 Å². The third kappa shape index (κ3) is 5.15. The normalized spacial score (nSPS) is 10.8. The third-order valence-electron chi connectivity index (χ3n) is 5.52. The van der Waals surface area contributed by atoms with Crippen molar-refractivity contribution in [1.29, 1.82) is 5.26 Å². The Labute approximate surface area is 191 Å². The van der Waals surface area contributed by atoms with Crippen LogP contribution in [0.3, 0.4) is 0 Å². The van der Waals surface area contributed by atoms with Crippen molar-refractivity contribution in [2.45, 2.75) is 32.6 Å². The van der Waals surface area contributed by atoms with Crippen LogP contribution in [0.4, 0.5) is 8.78 Å². The first-order chi connectivity index (χ1) is 16.1. The number of aromatic nitrogens is 2. The van der Waals surface area contributed by atoms with Crippen molar-refractivity contribution in [1.82, 2.24) is 9.97 Å². The molecular formula is C27H23F2N3O. The monoisotopic (exact) mass is 443 g/mol. The summed E-state index contributed by atoms with van der Waals surface area (Å²) in [5.74, 6) is 0.343. The molecule has 0 spiro atoms. The van der Waals surface area contributed by atoms with Gasteiger partial charge in [-0.15, -0.1) is 0 Å². The van der Waals surface area contributed by atoms with Crippen LogP contribution < -0.4 is 4.74 Å². The highest BCUT2D eigenvalue weighted by Crippen LogP contribution is 2.27.